The van der Waals surface area contributed by atoms with Crippen LogP contribution in [0.4, 0.5) is 5.13 Å². The second-order valence-electron chi connectivity index (χ2n) is 8.89. The van der Waals surface area contributed by atoms with Crippen LogP contribution in [0.3, 0.4) is 0 Å². The Morgan fingerprint density at radius 1 is 0.941 bits per heavy atom. The first-order valence-electron chi connectivity index (χ1n) is 11.5. The predicted molar refractivity (Wildman–Crippen MR) is 140 cm³/mol. The molecule has 0 saturated heterocycles. The number of rotatable bonds is 9. The van der Waals surface area contributed by atoms with Crippen molar-refractivity contribution < 1.29 is 9.53 Å². The molecule has 0 fully saturated rings. The second-order valence-corrected chi connectivity index (χ2v) is 9.75. The van der Waals surface area contributed by atoms with Crippen LogP contribution >= 0.6 is 11.3 Å². The van der Waals surface area contributed by atoms with Gasteiger partial charge in [0.15, 0.2) is 5.13 Å². The summed E-state index contributed by atoms with van der Waals surface area (Å²) in [7, 11) is 1.67. The summed E-state index contributed by atoms with van der Waals surface area (Å²) >= 11 is 1.47. The molecule has 0 aliphatic heterocycles. The van der Waals surface area contributed by atoms with Crippen LogP contribution in [0, 0.1) is 5.41 Å². The Morgan fingerprint density at radius 3 is 2.29 bits per heavy atom. The van der Waals surface area contributed by atoms with Gasteiger partial charge in [-0.25, -0.2) is 4.98 Å². The van der Waals surface area contributed by atoms with Crippen LogP contribution < -0.4 is 10.1 Å². The minimum atomic E-state index is -0.758. The van der Waals surface area contributed by atoms with Crippen LogP contribution in [0.1, 0.15) is 42.1 Å². The lowest BCUT2D eigenvalue weighted by molar-refractivity contribution is -0.124. The highest BCUT2D eigenvalue weighted by atomic mass is 32.1. The summed E-state index contributed by atoms with van der Waals surface area (Å²) in [5, 5.41) is 5.75. The van der Waals surface area contributed by atoms with E-state index in [1.807, 2.05) is 67.8 Å². The average molecular weight is 471 g/mol. The maximum atomic E-state index is 13.6. The van der Waals surface area contributed by atoms with Gasteiger partial charge in [-0.1, -0.05) is 92.7 Å². The first-order chi connectivity index (χ1) is 16.5. The summed E-state index contributed by atoms with van der Waals surface area (Å²) in [6, 6.07) is 28.4. The van der Waals surface area contributed by atoms with Gasteiger partial charge in [-0.15, -0.1) is 11.3 Å². The molecule has 1 unspecified atom stereocenters. The Bertz CT molecular complexity index is 1220. The molecule has 1 amide bonds. The number of nitrogens with zero attached hydrogens (tertiary/aromatic N) is 1. The number of aromatic nitrogens is 1. The summed E-state index contributed by atoms with van der Waals surface area (Å²) in [6.45, 7) is 3.97. The van der Waals surface area contributed by atoms with E-state index < -0.39 is 5.41 Å². The molecule has 0 saturated carbocycles. The molecule has 0 bridgehead atoms. The number of aryl methyl sites for hydroxylation is 2. The summed E-state index contributed by atoms with van der Waals surface area (Å²) in [4.78, 5) is 18.3. The number of carbonyl (C=O) groups is 1. The van der Waals surface area contributed by atoms with Crippen molar-refractivity contribution in [1.29, 1.82) is 0 Å². The Labute approximate surface area is 205 Å². The van der Waals surface area contributed by atoms with Gasteiger partial charge in [0.1, 0.15) is 5.75 Å². The molecule has 1 aromatic heterocycles. The Kier molecular flexibility index (Phi) is 7.43. The minimum Gasteiger partial charge on any atom is -0.496 e. The third kappa shape index (κ3) is 5.37. The normalized spacial score (nSPS) is 12.2. The molecule has 0 aliphatic rings. The second kappa shape index (κ2) is 10.7. The Hall–Kier alpha value is -3.44. The van der Waals surface area contributed by atoms with Gasteiger partial charge in [0.05, 0.1) is 18.2 Å². The van der Waals surface area contributed by atoms with Gasteiger partial charge in [-0.3, -0.25) is 4.79 Å². The van der Waals surface area contributed by atoms with E-state index >= 15 is 0 Å². The number of thiazole rings is 1. The van der Waals surface area contributed by atoms with Crippen LogP contribution in [0.5, 0.6) is 5.75 Å². The maximum absolute atomic E-state index is 13.6. The standard InChI is InChI=1S/C29H30N2O2S/c1-29(2,26(22-14-8-5-9-15-22)24-16-10-11-17-25(24)33-3)27(32)31-28-30-23(20-34-28)19-18-21-12-6-4-7-13-21/h4-17,20,26H,18-19H2,1-3H3,(H,30,31,32). The molecule has 4 nitrogen and oxygen atoms in total. The lowest BCUT2D eigenvalue weighted by Gasteiger charge is -2.34. The topological polar surface area (TPSA) is 51.2 Å². The Morgan fingerprint density at radius 2 is 1.59 bits per heavy atom. The summed E-state index contributed by atoms with van der Waals surface area (Å²) in [5.74, 6) is 0.508. The molecule has 174 valence electrons. The van der Waals surface area contributed by atoms with E-state index in [2.05, 4.69) is 46.7 Å². The number of ether oxygens (including phenoxy) is 1. The number of anilines is 1. The van der Waals surface area contributed by atoms with Crippen molar-refractivity contribution in [1.82, 2.24) is 4.98 Å². The molecule has 4 aromatic rings. The van der Waals surface area contributed by atoms with E-state index in [4.69, 9.17) is 4.74 Å². The zero-order chi connectivity index (χ0) is 24.0. The van der Waals surface area contributed by atoms with Crippen molar-refractivity contribution in [3.05, 3.63) is 113 Å². The fourth-order valence-corrected chi connectivity index (χ4v) is 5.06. The minimum absolute atomic E-state index is 0.0729. The summed E-state index contributed by atoms with van der Waals surface area (Å²) < 4.78 is 5.67. The van der Waals surface area contributed by atoms with Crippen LogP contribution in [0.2, 0.25) is 0 Å². The quantitative estimate of drug-likeness (QED) is 0.295. The fourth-order valence-electron chi connectivity index (χ4n) is 4.32. The van der Waals surface area contributed by atoms with Gasteiger partial charge in [0.2, 0.25) is 5.91 Å². The lowest BCUT2D eigenvalue weighted by Crippen LogP contribution is -2.37. The third-order valence-electron chi connectivity index (χ3n) is 6.17. The van der Waals surface area contributed by atoms with Crippen LogP contribution in [0.15, 0.2) is 90.3 Å². The SMILES string of the molecule is COc1ccccc1C(c1ccccc1)C(C)(C)C(=O)Nc1nc(CCc2ccccc2)cs1. The van der Waals surface area contributed by atoms with Gasteiger partial charge in [-0.05, 0) is 30.0 Å². The number of nitrogens with one attached hydrogen (secondary N) is 1. The molecule has 5 heteroatoms. The number of methoxy groups -OCH3 is 1. The fraction of sp³-hybridized carbons (Fsp3) is 0.241. The molecular formula is C29H30N2O2S. The maximum Gasteiger partial charge on any atom is 0.232 e. The monoisotopic (exact) mass is 470 g/mol. The number of carbonyl (C=O) groups excluding carboxylic acids is 1. The highest BCUT2D eigenvalue weighted by Crippen LogP contribution is 2.45. The van der Waals surface area contributed by atoms with E-state index in [0.717, 1.165) is 35.4 Å². The molecule has 1 heterocycles. The zero-order valence-electron chi connectivity index (χ0n) is 19.8. The zero-order valence-corrected chi connectivity index (χ0v) is 20.6. The van der Waals surface area contributed by atoms with E-state index in [1.165, 1.54) is 16.9 Å². The number of hydrogen-bond donors (Lipinski definition) is 1. The molecule has 1 atom stereocenters. The molecule has 0 radical (unpaired) electrons. The molecule has 1 N–H and O–H groups in total. The highest BCUT2D eigenvalue weighted by Gasteiger charge is 2.40. The van der Waals surface area contributed by atoms with Crippen molar-refractivity contribution in [3.8, 4) is 5.75 Å². The van der Waals surface area contributed by atoms with Crippen LogP contribution in [0.25, 0.3) is 0 Å². The highest BCUT2D eigenvalue weighted by molar-refractivity contribution is 7.13. The van der Waals surface area contributed by atoms with Crippen LogP contribution in [-0.4, -0.2) is 18.0 Å². The first-order valence-corrected chi connectivity index (χ1v) is 12.3. The average Bonchev–Trinajstić information content (AvgIpc) is 3.31. The predicted octanol–water partition coefficient (Wildman–Crippen LogP) is 6.73. The number of hydrogen-bond acceptors (Lipinski definition) is 4. The third-order valence-corrected chi connectivity index (χ3v) is 6.98. The largest absolute Gasteiger partial charge is 0.496 e. The lowest BCUT2D eigenvalue weighted by atomic mass is 9.70. The van der Waals surface area contributed by atoms with E-state index in [9.17, 15) is 4.79 Å². The van der Waals surface area contributed by atoms with Crippen LogP contribution in [-0.2, 0) is 17.6 Å². The van der Waals surface area contributed by atoms with Gasteiger partial charge < -0.3 is 10.1 Å². The van der Waals surface area contributed by atoms with E-state index in [1.54, 1.807) is 7.11 Å². The van der Waals surface area contributed by atoms with Gasteiger partial charge in [-0.2, -0.15) is 0 Å². The molecule has 4 rings (SSSR count). The van der Waals surface area contributed by atoms with Gasteiger partial charge in [0.25, 0.3) is 0 Å². The number of para-hydroxylation sites is 1. The number of amides is 1. The van der Waals surface area contributed by atoms with E-state index in [-0.39, 0.29) is 11.8 Å². The molecular weight excluding hydrogens is 440 g/mol. The Balaban J connectivity index is 1.55. The van der Waals surface area contributed by atoms with Crippen molar-refractivity contribution in [2.75, 3.05) is 12.4 Å². The number of benzene rings is 3. The van der Waals surface area contributed by atoms with Gasteiger partial charge in [0, 0.05) is 16.9 Å². The van der Waals surface area contributed by atoms with Crippen molar-refractivity contribution in [2.24, 2.45) is 5.41 Å². The van der Waals surface area contributed by atoms with E-state index in [0.29, 0.717) is 5.13 Å². The molecule has 3 aromatic carbocycles. The first kappa shape index (κ1) is 23.7. The molecule has 0 spiro atoms. The van der Waals surface area contributed by atoms with Crippen molar-refractivity contribution in [2.45, 2.75) is 32.6 Å². The van der Waals surface area contributed by atoms with Crippen molar-refractivity contribution in [3.63, 3.8) is 0 Å². The smallest absolute Gasteiger partial charge is 0.232 e. The molecule has 34 heavy (non-hydrogen) atoms. The van der Waals surface area contributed by atoms with Gasteiger partial charge >= 0.3 is 0 Å². The molecule has 0 aliphatic carbocycles. The summed E-state index contributed by atoms with van der Waals surface area (Å²) in [5.41, 5.74) is 3.57. The summed E-state index contributed by atoms with van der Waals surface area (Å²) in [6.07, 6.45) is 1.76. The van der Waals surface area contributed by atoms with Crippen molar-refractivity contribution >= 4 is 22.4 Å².